The molecule has 0 radical (unpaired) electrons. The van der Waals surface area contributed by atoms with E-state index in [1.165, 1.54) is 0 Å². The first-order valence-electron chi connectivity index (χ1n) is 5.60. The predicted molar refractivity (Wildman–Crippen MR) is 56.0 cm³/mol. The molecule has 2 rings (SSSR count). The van der Waals surface area contributed by atoms with Gasteiger partial charge in [-0.3, -0.25) is 9.59 Å². The average Bonchev–Trinajstić information content (AvgIpc) is 3.01. The van der Waals surface area contributed by atoms with E-state index in [-0.39, 0.29) is 17.4 Å². The Morgan fingerprint density at radius 3 is 2.88 bits per heavy atom. The van der Waals surface area contributed by atoms with Crippen molar-refractivity contribution in [3.8, 4) is 6.07 Å². The van der Waals surface area contributed by atoms with Gasteiger partial charge in [0.15, 0.2) is 0 Å². The summed E-state index contributed by atoms with van der Waals surface area (Å²) in [4.78, 5) is 22.0. The van der Waals surface area contributed by atoms with E-state index >= 15 is 0 Å². The van der Waals surface area contributed by atoms with Crippen LogP contribution >= 0.6 is 0 Å². The van der Waals surface area contributed by atoms with Crippen LogP contribution in [0.2, 0.25) is 0 Å². The normalized spacial score (nSPS) is 27.7. The monoisotopic (exact) mass is 221 g/mol. The van der Waals surface area contributed by atoms with Crippen LogP contribution in [-0.2, 0) is 9.59 Å². The van der Waals surface area contributed by atoms with Crippen molar-refractivity contribution in [2.24, 2.45) is 5.92 Å². The zero-order valence-electron chi connectivity index (χ0n) is 9.03. The van der Waals surface area contributed by atoms with Crippen molar-refractivity contribution in [3.05, 3.63) is 0 Å². The van der Waals surface area contributed by atoms with E-state index in [2.05, 4.69) is 10.6 Å². The number of rotatable bonds is 4. The quantitative estimate of drug-likeness (QED) is 0.659. The third kappa shape index (κ3) is 2.16. The molecule has 2 aliphatic rings. The zero-order valence-corrected chi connectivity index (χ0v) is 9.03. The molecule has 1 saturated heterocycles. The van der Waals surface area contributed by atoms with Crippen molar-refractivity contribution >= 4 is 12.3 Å². The maximum atomic E-state index is 11.8. The molecule has 1 aliphatic heterocycles. The van der Waals surface area contributed by atoms with Gasteiger partial charge in [0.1, 0.15) is 6.04 Å². The Morgan fingerprint density at radius 2 is 2.38 bits per heavy atom. The molecule has 16 heavy (non-hydrogen) atoms. The molecule has 0 bridgehead atoms. The summed E-state index contributed by atoms with van der Waals surface area (Å²) < 4.78 is 0. The Hall–Kier alpha value is -1.57. The molecule has 5 heteroatoms. The smallest absolute Gasteiger partial charge is 0.223 e. The lowest BCUT2D eigenvalue weighted by Crippen LogP contribution is -2.47. The fourth-order valence-electron chi connectivity index (χ4n) is 2.28. The molecule has 2 atom stereocenters. The first-order valence-corrected chi connectivity index (χ1v) is 5.60. The number of carbonyl (C=O) groups is 2. The predicted octanol–water partition coefficient (Wildman–Crippen LogP) is 0.0735. The maximum Gasteiger partial charge on any atom is 0.223 e. The number of hydrogen-bond donors (Lipinski definition) is 2. The van der Waals surface area contributed by atoms with E-state index in [1.807, 2.05) is 6.07 Å². The fraction of sp³-hybridized carbons (Fsp3) is 0.727. The second-order valence-corrected chi connectivity index (χ2v) is 4.71. The summed E-state index contributed by atoms with van der Waals surface area (Å²) in [7, 11) is 0. The van der Waals surface area contributed by atoms with Gasteiger partial charge in [0.05, 0.1) is 6.07 Å². The number of hydrogen-bond acceptors (Lipinski definition) is 3. The lowest BCUT2D eigenvalue weighted by Gasteiger charge is -2.29. The van der Waals surface area contributed by atoms with E-state index in [9.17, 15) is 9.59 Å². The first kappa shape index (κ1) is 10.9. The summed E-state index contributed by atoms with van der Waals surface area (Å²) in [6.45, 7) is 0. The van der Waals surface area contributed by atoms with Gasteiger partial charge in [-0.1, -0.05) is 0 Å². The van der Waals surface area contributed by atoms with Gasteiger partial charge in [-0.05, 0) is 32.1 Å². The molecule has 1 heterocycles. The van der Waals surface area contributed by atoms with Gasteiger partial charge in [0, 0.05) is 11.5 Å². The third-order valence-corrected chi connectivity index (χ3v) is 3.53. The molecule has 5 nitrogen and oxygen atoms in total. The lowest BCUT2D eigenvalue weighted by molar-refractivity contribution is -0.128. The summed E-state index contributed by atoms with van der Waals surface area (Å²) in [5.74, 6) is -0.0972. The number of nitriles is 1. The van der Waals surface area contributed by atoms with Crippen LogP contribution in [0, 0.1) is 17.2 Å². The van der Waals surface area contributed by atoms with E-state index in [1.54, 1.807) is 0 Å². The Kier molecular flexibility index (Phi) is 2.82. The molecule has 1 aliphatic carbocycles. The summed E-state index contributed by atoms with van der Waals surface area (Å²) in [5.41, 5.74) is 0.0911. The number of nitrogens with one attached hydrogen (secondary N) is 2. The minimum absolute atomic E-state index is 0.0386. The third-order valence-electron chi connectivity index (χ3n) is 3.53. The van der Waals surface area contributed by atoms with Crippen LogP contribution in [0.15, 0.2) is 0 Å². The van der Waals surface area contributed by atoms with Crippen LogP contribution < -0.4 is 10.6 Å². The SMILES string of the molecule is N#CC(CC1CCC2(CC2)NC1=O)NC=O. The van der Waals surface area contributed by atoms with Crippen molar-refractivity contribution in [2.45, 2.75) is 43.7 Å². The highest BCUT2D eigenvalue weighted by Crippen LogP contribution is 2.43. The minimum atomic E-state index is -0.554. The Morgan fingerprint density at radius 1 is 1.62 bits per heavy atom. The fourth-order valence-corrected chi connectivity index (χ4v) is 2.28. The molecule has 2 amide bonds. The van der Waals surface area contributed by atoms with E-state index in [0.717, 1.165) is 25.7 Å². The van der Waals surface area contributed by atoms with Gasteiger partial charge in [0.2, 0.25) is 12.3 Å². The molecule has 0 aromatic rings. The lowest BCUT2D eigenvalue weighted by atomic mass is 9.88. The number of carbonyl (C=O) groups excluding carboxylic acids is 2. The summed E-state index contributed by atoms with van der Waals surface area (Å²) in [6, 6.07) is 1.43. The number of piperidine rings is 1. The van der Waals surface area contributed by atoms with Gasteiger partial charge < -0.3 is 10.6 Å². The minimum Gasteiger partial charge on any atom is -0.350 e. The molecular weight excluding hydrogens is 206 g/mol. The molecule has 86 valence electrons. The maximum absolute atomic E-state index is 11.8. The second-order valence-electron chi connectivity index (χ2n) is 4.71. The van der Waals surface area contributed by atoms with Crippen molar-refractivity contribution in [2.75, 3.05) is 0 Å². The summed E-state index contributed by atoms with van der Waals surface area (Å²) >= 11 is 0. The molecule has 0 aromatic heterocycles. The first-order chi connectivity index (χ1) is 7.69. The highest BCUT2D eigenvalue weighted by atomic mass is 16.2. The van der Waals surface area contributed by atoms with Crippen molar-refractivity contribution in [3.63, 3.8) is 0 Å². The van der Waals surface area contributed by atoms with Crippen LogP contribution in [0.25, 0.3) is 0 Å². The summed E-state index contributed by atoms with van der Waals surface area (Å²) in [5, 5.41) is 14.2. The van der Waals surface area contributed by atoms with Gasteiger partial charge in [0.25, 0.3) is 0 Å². The zero-order chi connectivity index (χ0) is 11.6. The van der Waals surface area contributed by atoms with E-state index in [0.29, 0.717) is 12.8 Å². The van der Waals surface area contributed by atoms with Crippen molar-refractivity contribution in [1.29, 1.82) is 5.26 Å². The number of amides is 2. The molecule has 1 spiro atoms. The Balaban J connectivity index is 1.88. The highest BCUT2D eigenvalue weighted by Gasteiger charge is 2.48. The molecule has 2 unspecified atom stereocenters. The van der Waals surface area contributed by atoms with Crippen molar-refractivity contribution in [1.82, 2.24) is 10.6 Å². The molecule has 2 N–H and O–H groups in total. The molecule has 2 fully saturated rings. The van der Waals surface area contributed by atoms with E-state index in [4.69, 9.17) is 5.26 Å². The standard InChI is InChI=1S/C11H15N3O2/c12-6-9(13-7-15)5-8-1-2-11(3-4-11)14-10(8)16/h7-9H,1-5H2,(H,13,15)(H,14,16). The van der Waals surface area contributed by atoms with Crippen molar-refractivity contribution < 1.29 is 9.59 Å². The van der Waals surface area contributed by atoms with Gasteiger partial charge in [-0.25, -0.2) is 0 Å². The van der Waals surface area contributed by atoms with Crippen LogP contribution in [0.4, 0.5) is 0 Å². The molecule has 1 saturated carbocycles. The topological polar surface area (TPSA) is 82.0 Å². The van der Waals surface area contributed by atoms with Crippen LogP contribution in [0.1, 0.15) is 32.1 Å². The van der Waals surface area contributed by atoms with Gasteiger partial charge in [-0.15, -0.1) is 0 Å². The highest BCUT2D eigenvalue weighted by molar-refractivity contribution is 5.81. The number of nitrogens with zero attached hydrogens (tertiary/aromatic N) is 1. The molecule has 0 aromatic carbocycles. The van der Waals surface area contributed by atoms with Gasteiger partial charge in [-0.2, -0.15) is 5.26 Å². The van der Waals surface area contributed by atoms with E-state index < -0.39 is 6.04 Å². The van der Waals surface area contributed by atoms with Crippen LogP contribution in [0.5, 0.6) is 0 Å². The Bertz CT molecular complexity index is 344. The largest absolute Gasteiger partial charge is 0.350 e. The van der Waals surface area contributed by atoms with Crippen LogP contribution in [-0.4, -0.2) is 23.9 Å². The van der Waals surface area contributed by atoms with Gasteiger partial charge >= 0.3 is 0 Å². The molecular formula is C11H15N3O2. The average molecular weight is 221 g/mol. The second kappa shape index (κ2) is 4.12. The van der Waals surface area contributed by atoms with Crippen LogP contribution in [0.3, 0.4) is 0 Å². The Labute approximate surface area is 94.2 Å². The summed E-state index contributed by atoms with van der Waals surface area (Å²) in [6.07, 6.45) is 4.92.